The van der Waals surface area contributed by atoms with E-state index < -0.39 is 5.25 Å². The average molecular weight is 439 g/mol. The molecule has 6 nitrogen and oxygen atoms in total. The molecule has 1 unspecified atom stereocenters. The Morgan fingerprint density at radius 3 is 2.83 bits per heavy atom. The molecule has 1 N–H and O–H groups in total. The fourth-order valence-corrected chi connectivity index (χ4v) is 6.11. The molecular weight excluding hydrogens is 416 g/mol. The SMILES string of the molecule is CCC(Sc1nc2ccccc2n1C(C)=O)C(=O)Nc1sc2c(c1C#N)CCCC2. The van der Waals surface area contributed by atoms with Gasteiger partial charge in [0.1, 0.15) is 11.1 Å². The second-order valence-electron chi connectivity index (χ2n) is 7.27. The summed E-state index contributed by atoms with van der Waals surface area (Å²) in [5.41, 5.74) is 3.17. The number of nitrogens with zero attached hydrogens (tertiary/aromatic N) is 3. The maximum Gasteiger partial charge on any atom is 0.238 e. The number of imidazole rings is 1. The van der Waals surface area contributed by atoms with Crippen LogP contribution in [0.1, 0.15) is 53.9 Å². The number of thioether (sulfide) groups is 1. The molecule has 0 radical (unpaired) electrons. The molecule has 154 valence electrons. The van der Waals surface area contributed by atoms with Gasteiger partial charge in [0, 0.05) is 11.8 Å². The Hall–Kier alpha value is -2.63. The van der Waals surface area contributed by atoms with Crippen molar-refractivity contribution < 1.29 is 9.59 Å². The number of benzene rings is 1. The summed E-state index contributed by atoms with van der Waals surface area (Å²) < 4.78 is 1.56. The van der Waals surface area contributed by atoms with Gasteiger partial charge in [0.25, 0.3) is 0 Å². The molecule has 30 heavy (non-hydrogen) atoms. The zero-order valence-electron chi connectivity index (χ0n) is 16.9. The molecule has 1 atom stereocenters. The molecule has 1 aliphatic carbocycles. The fraction of sp³-hybridized carbons (Fsp3) is 0.364. The minimum atomic E-state index is -0.425. The van der Waals surface area contributed by atoms with Gasteiger partial charge in [-0.05, 0) is 49.8 Å². The Kier molecular flexibility index (Phi) is 5.93. The van der Waals surface area contributed by atoms with Gasteiger partial charge in [0.2, 0.25) is 11.8 Å². The summed E-state index contributed by atoms with van der Waals surface area (Å²) in [6, 6.07) is 9.73. The highest BCUT2D eigenvalue weighted by molar-refractivity contribution is 8.00. The quantitative estimate of drug-likeness (QED) is 0.565. The van der Waals surface area contributed by atoms with Crippen molar-refractivity contribution in [2.24, 2.45) is 0 Å². The molecule has 3 aromatic rings. The lowest BCUT2D eigenvalue weighted by Gasteiger charge is -2.14. The van der Waals surface area contributed by atoms with E-state index >= 15 is 0 Å². The lowest BCUT2D eigenvalue weighted by Crippen LogP contribution is -2.25. The van der Waals surface area contributed by atoms with Crippen molar-refractivity contribution in [1.29, 1.82) is 5.26 Å². The third kappa shape index (κ3) is 3.75. The number of aryl methyl sites for hydroxylation is 1. The number of thiophene rings is 1. The fourth-order valence-electron chi connectivity index (χ4n) is 3.80. The van der Waals surface area contributed by atoms with Crippen molar-refractivity contribution >= 4 is 50.9 Å². The van der Waals surface area contributed by atoms with Crippen LogP contribution in [0.25, 0.3) is 11.0 Å². The van der Waals surface area contributed by atoms with Crippen LogP contribution in [0, 0.1) is 11.3 Å². The molecule has 1 aromatic carbocycles. The van der Waals surface area contributed by atoms with E-state index in [9.17, 15) is 14.9 Å². The minimum absolute atomic E-state index is 0.140. The van der Waals surface area contributed by atoms with Crippen molar-refractivity contribution in [1.82, 2.24) is 9.55 Å². The first-order chi connectivity index (χ1) is 14.5. The van der Waals surface area contributed by atoms with E-state index in [0.717, 1.165) is 42.3 Å². The van der Waals surface area contributed by atoms with E-state index in [4.69, 9.17) is 0 Å². The van der Waals surface area contributed by atoms with Crippen LogP contribution in [0.15, 0.2) is 29.4 Å². The number of amides is 1. The van der Waals surface area contributed by atoms with E-state index in [1.165, 1.54) is 34.9 Å². The minimum Gasteiger partial charge on any atom is -0.316 e. The Morgan fingerprint density at radius 1 is 1.33 bits per heavy atom. The summed E-state index contributed by atoms with van der Waals surface area (Å²) in [6.45, 7) is 3.43. The number of rotatable bonds is 5. The summed E-state index contributed by atoms with van der Waals surface area (Å²) in [4.78, 5) is 31.1. The van der Waals surface area contributed by atoms with Gasteiger partial charge >= 0.3 is 0 Å². The van der Waals surface area contributed by atoms with Crippen molar-refractivity contribution in [2.45, 2.75) is 56.4 Å². The van der Waals surface area contributed by atoms with Crippen molar-refractivity contribution in [2.75, 3.05) is 5.32 Å². The Morgan fingerprint density at radius 2 is 2.10 bits per heavy atom. The molecule has 0 saturated heterocycles. The van der Waals surface area contributed by atoms with Crippen LogP contribution in [-0.2, 0) is 17.6 Å². The molecule has 1 amide bonds. The van der Waals surface area contributed by atoms with Gasteiger partial charge in [0.05, 0.1) is 21.8 Å². The highest BCUT2D eigenvalue weighted by Crippen LogP contribution is 2.38. The second kappa shape index (κ2) is 8.62. The first-order valence-corrected chi connectivity index (χ1v) is 11.7. The molecule has 8 heteroatoms. The number of nitrogens with one attached hydrogen (secondary N) is 1. The third-order valence-corrected chi connectivity index (χ3v) is 7.80. The first-order valence-electron chi connectivity index (χ1n) is 10.0. The molecule has 2 heterocycles. The average Bonchev–Trinajstić information content (AvgIpc) is 3.28. The van der Waals surface area contributed by atoms with E-state index in [0.29, 0.717) is 22.1 Å². The monoisotopic (exact) mass is 438 g/mol. The van der Waals surface area contributed by atoms with Crippen LogP contribution >= 0.6 is 23.1 Å². The number of carbonyl (C=O) groups is 2. The van der Waals surface area contributed by atoms with Crippen LogP contribution in [0.4, 0.5) is 5.00 Å². The second-order valence-corrected chi connectivity index (χ2v) is 9.54. The summed E-state index contributed by atoms with van der Waals surface area (Å²) >= 11 is 2.81. The largest absolute Gasteiger partial charge is 0.316 e. The van der Waals surface area contributed by atoms with E-state index in [-0.39, 0.29) is 11.8 Å². The molecule has 0 bridgehead atoms. The van der Waals surface area contributed by atoms with Crippen molar-refractivity contribution in [3.05, 3.63) is 40.3 Å². The van der Waals surface area contributed by atoms with Gasteiger partial charge in [0.15, 0.2) is 5.16 Å². The number of fused-ring (bicyclic) bond motifs is 2. The number of hydrogen-bond donors (Lipinski definition) is 1. The number of anilines is 1. The number of carbonyl (C=O) groups excluding carboxylic acids is 2. The van der Waals surface area contributed by atoms with E-state index in [1.54, 1.807) is 4.57 Å². The topological polar surface area (TPSA) is 87.8 Å². The van der Waals surface area contributed by atoms with Crippen LogP contribution in [0.3, 0.4) is 0 Å². The van der Waals surface area contributed by atoms with Crippen molar-refractivity contribution in [3.8, 4) is 6.07 Å². The van der Waals surface area contributed by atoms with Gasteiger partial charge < -0.3 is 5.32 Å². The Balaban J connectivity index is 1.60. The molecule has 4 rings (SSSR count). The third-order valence-electron chi connectivity index (χ3n) is 5.28. The molecule has 1 aliphatic rings. The highest BCUT2D eigenvalue weighted by Gasteiger charge is 2.26. The summed E-state index contributed by atoms with van der Waals surface area (Å²) in [6.07, 6.45) is 4.66. The normalized spacial score (nSPS) is 14.2. The molecule has 0 fully saturated rings. The van der Waals surface area contributed by atoms with Gasteiger partial charge in [-0.15, -0.1) is 11.3 Å². The lowest BCUT2D eigenvalue weighted by molar-refractivity contribution is -0.115. The number of para-hydroxylation sites is 2. The zero-order valence-corrected chi connectivity index (χ0v) is 18.5. The van der Waals surface area contributed by atoms with Gasteiger partial charge in [-0.1, -0.05) is 30.8 Å². The smallest absolute Gasteiger partial charge is 0.238 e. The standard InChI is InChI=1S/C22H22N4O2S2/c1-3-18(30-22-24-16-9-5-6-10-17(16)26(22)13(2)27)20(28)25-21-15(12-23)14-8-4-7-11-19(14)29-21/h5-6,9-10,18H,3-4,7-8,11H2,1-2H3,(H,25,28). The molecule has 2 aromatic heterocycles. The summed E-state index contributed by atoms with van der Waals surface area (Å²) in [5.74, 6) is -0.307. The van der Waals surface area contributed by atoms with E-state index in [2.05, 4.69) is 16.4 Å². The van der Waals surface area contributed by atoms with Crippen LogP contribution in [-0.4, -0.2) is 26.6 Å². The van der Waals surface area contributed by atoms with E-state index in [1.807, 2.05) is 31.2 Å². The highest BCUT2D eigenvalue weighted by atomic mass is 32.2. The lowest BCUT2D eigenvalue weighted by atomic mass is 9.96. The zero-order chi connectivity index (χ0) is 21.3. The molecule has 0 spiro atoms. The predicted octanol–water partition coefficient (Wildman–Crippen LogP) is 5.02. The first kappa shape index (κ1) is 20.6. The maximum atomic E-state index is 13.1. The van der Waals surface area contributed by atoms with Crippen LogP contribution < -0.4 is 5.32 Å². The van der Waals surface area contributed by atoms with Crippen LogP contribution in [0.5, 0.6) is 0 Å². The number of aromatic nitrogens is 2. The summed E-state index contributed by atoms with van der Waals surface area (Å²) in [5, 5.41) is 13.4. The summed E-state index contributed by atoms with van der Waals surface area (Å²) in [7, 11) is 0. The van der Waals surface area contributed by atoms with Gasteiger partial charge in [-0.3, -0.25) is 14.2 Å². The van der Waals surface area contributed by atoms with Crippen molar-refractivity contribution in [3.63, 3.8) is 0 Å². The molecule has 0 aliphatic heterocycles. The Bertz CT molecular complexity index is 1170. The van der Waals surface area contributed by atoms with Crippen LogP contribution in [0.2, 0.25) is 0 Å². The Labute approximate surface area is 183 Å². The molecule has 0 saturated carbocycles. The maximum absolute atomic E-state index is 13.1. The predicted molar refractivity (Wildman–Crippen MR) is 120 cm³/mol. The van der Waals surface area contributed by atoms with Gasteiger partial charge in [-0.2, -0.15) is 5.26 Å². The molecular formula is C22H22N4O2S2. The number of hydrogen-bond acceptors (Lipinski definition) is 6. The van der Waals surface area contributed by atoms with Gasteiger partial charge in [-0.25, -0.2) is 4.98 Å². The number of nitriles is 1.